The number of hydrogen-bond acceptors (Lipinski definition) is 3. The van der Waals surface area contributed by atoms with Crippen molar-refractivity contribution in [1.82, 2.24) is 15.5 Å². The van der Waals surface area contributed by atoms with Crippen molar-refractivity contribution in [3.05, 3.63) is 40.6 Å². The summed E-state index contributed by atoms with van der Waals surface area (Å²) in [5.74, 6) is 1.26. The number of nitrogens with one attached hydrogen (secondary N) is 2. The normalized spacial score (nSPS) is 10.6. The van der Waals surface area contributed by atoms with Crippen molar-refractivity contribution in [3.63, 3.8) is 0 Å². The molecule has 0 saturated heterocycles. The molecule has 0 aliphatic rings. The van der Waals surface area contributed by atoms with Crippen molar-refractivity contribution in [1.29, 1.82) is 0 Å². The fraction of sp³-hybridized carbons (Fsp3) is 0.385. The SMILES string of the molecule is CCc1cc(CNC(=O)c2cc(C)oc2C)[nH]n1. The van der Waals surface area contributed by atoms with Crippen molar-refractivity contribution in [2.24, 2.45) is 0 Å². The van der Waals surface area contributed by atoms with Gasteiger partial charge in [0.1, 0.15) is 11.5 Å². The molecule has 96 valence electrons. The molecule has 0 spiro atoms. The van der Waals surface area contributed by atoms with Gasteiger partial charge in [0.05, 0.1) is 23.5 Å². The molecule has 5 heteroatoms. The fourth-order valence-corrected chi connectivity index (χ4v) is 1.81. The first-order valence-electron chi connectivity index (χ1n) is 5.98. The molecule has 0 aliphatic carbocycles. The third-order valence-corrected chi connectivity index (χ3v) is 2.77. The third kappa shape index (κ3) is 2.61. The van der Waals surface area contributed by atoms with E-state index in [1.165, 1.54) is 0 Å². The van der Waals surface area contributed by atoms with Crippen LogP contribution in [0.25, 0.3) is 0 Å². The second kappa shape index (κ2) is 5.08. The predicted molar refractivity (Wildman–Crippen MR) is 67.3 cm³/mol. The van der Waals surface area contributed by atoms with Crippen LogP contribution in [0, 0.1) is 13.8 Å². The van der Waals surface area contributed by atoms with Gasteiger partial charge in [0.2, 0.25) is 0 Å². The van der Waals surface area contributed by atoms with Crippen molar-refractivity contribution in [3.8, 4) is 0 Å². The average Bonchev–Trinajstić information content (AvgIpc) is 2.92. The van der Waals surface area contributed by atoms with E-state index < -0.39 is 0 Å². The smallest absolute Gasteiger partial charge is 0.255 e. The summed E-state index contributed by atoms with van der Waals surface area (Å²) in [4.78, 5) is 11.9. The topological polar surface area (TPSA) is 70.9 Å². The Hall–Kier alpha value is -2.04. The summed E-state index contributed by atoms with van der Waals surface area (Å²) in [7, 11) is 0. The summed E-state index contributed by atoms with van der Waals surface area (Å²) in [6.07, 6.45) is 0.879. The number of hydrogen-bond donors (Lipinski definition) is 2. The van der Waals surface area contributed by atoms with Gasteiger partial charge >= 0.3 is 0 Å². The van der Waals surface area contributed by atoms with Crippen LogP contribution >= 0.6 is 0 Å². The van der Waals surface area contributed by atoms with E-state index in [0.29, 0.717) is 17.9 Å². The number of furan rings is 1. The predicted octanol–water partition coefficient (Wildman–Crippen LogP) is 2.11. The van der Waals surface area contributed by atoms with Crippen LogP contribution in [0.5, 0.6) is 0 Å². The summed E-state index contributed by atoms with van der Waals surface area (Å²) < 4.78 is 5.33. The summed E-state index contributed by atoms with van der Waals surface area (Å²) in [6, 6.07) is 3.70. The maximum atomic E-state index is 11.9. The lowest BCUT2D eigenvalue weighted by atomic mass is 10.2. The van der Waals surface area contributed by atoms with Crippen LogP contribution in [0.15, 0.2) is 16.5 Å². The summed E-state index contributed by atoms with van der Waals surface area (Å²) >= 11 is 0. The quantitative estimate of drug-likeness (QED) is 0.869. The van der Waals surface area contributed by atoms with Crippen LogP contribution < -0.4 is 5.32 Å². The van der Waals surface area contributed by atoms with E-state index in [9.17, 15) is 4.79 Å². The molecular formula is C13H17N3O2. The van der Waals surface area contributed by atoms with Crippen molar-refractivity contribution in [2.75, 3.05) is 0 Å². The zero-order valence-corrected chi connectivity index (χ0v) is 10.8. The third-order valence-electron chi connectivity index (χ3n) is 2.77. The number of nitrogens with zero attached hydrogens (tertiary/aromatic N) is 1. The van der Waals surface area contributed by atoms with Gasteiger partial charge in [-0.1, -0.05) is 6.92 Å². The molecule has 2 aromatic heterocycles. The Morgan fingerprint density at radius 3 is 2.78 bits per heavy atom. The van der Waals surface area contributed by atoms with Gasteiger partial charge in [-0.15, -0.1) is 0 Å². The molecule has 0 bridgehead atoms. The molecule has 0 saturated carbocycles. The van der Waals surface area contributed by atoms with Crippen LogP contribution in [0.1, 0.15) is 40.2 Å². The Morgan fingerprint density at radius 2 is 2.22 bits per heavy atom. The average molecular weight is 247 g/mol. The van der Waals surface area contributed by atoms with E-state index in [4.69, 9.17) is 4.42 Å². The first-order valence-corrected chi connectivity index (χ1v) is 5.98. The van der Waals surface area contributed by atoms with Gasteiger partial charge in [-0.3, -0.25) is 9.89 Å². The molecule has 5 nitrogen and oxygen atoms in total. The van der Waals surface area contributed by atoms with Gasteiger partial charge < -0.3 is 9.73 Å². The number of carbonyl (C=O) groups excluding carboxylic acids is 1. The van der Waals surface area contributed by atoms with E-state index in [1.807, 2.05) is 19.9 Å². The van der Waals surface area contributed by atoms with Gasteiger partial charge in [0, 0.05) is 0 Å². The number of H-pyrrole nitrogens is 1. The Bertz CT molecular complexity index is 554. The van der Waals surface area contributed by atoms with Crippen LogP contribution in [0.3, 0.4) is 0 Å². The molecule has 18 heavy (non-hydrogen) atoms. The minimum Gasteiger partial charge on any atom is -0.466 e. The van der Waals surface area contributed by atoms with Gasteiger partial charge in [-0.05, 0) is 32.4 Å². The number of aryl methyl sites for hydroxylation is 3. The molecule has 0 fully saturated rings. The van der Waals surface area contributed by atoms with E-state index in [1.54, 1.807) is 13.0 Å². The van der Waals surface area contributed by atoms with Crippen molar-refractivity contribution in [2.45, 2.75) is 33.7 Å². The highest BCUT2D eigenvalue weighted by Crippen LogP contribution is 2.13. The van der Waals surface area contributed by atoms with Crippen LogP contribution in [-0.2, 0) is 13.0 Å². The van der Waals surface area contributed by atoms with Gasteiger partial charge in [-0.25, -0.2) is 0 Å². The minimum atomic E-state index is -0.128. The monoisotopic (exact) mass is 247 g/mol. The highest BCUT2D eigenvalue weighted by molar-refractivity contribution is 5.95. The van der Waals surface area contributed by atoms with Crippen molar-refractivity contribution >= 4 is 5.91 Å². The molecule has 0 atom stereocenters. The summed E-state index contributed by atoms with van der Waals surface area (Å²) in [6.45, 7) is 6.09. The Kier molecular flexibility index (Phi) is 3.50. The Labute approximate surface area is 106 Å². The Morgan fingerprint density at radius 1 is 1.44 bits per heavy atom. The zero-order chi connectivity index (χ0) is 13.1. The number of amides is 1. The highest BCUT2D eigenvalue weighted by Gasteiger charge is 2.13. The first kappa shape index (κ1) is 12.4. The molecular weight excluding hydrogens is 230 g/mol. The molecule has 2 aromatic rings. The fourth-order valence-electron chi connectivity index (χ4n) is 1.81. The van der Waals surface area contributed by atoms with Crippen molar-refractivity contribution < 1.29 is 9.21 Å². The molecule has 0 radical (unpaired) electrons. The van der Waals surface area contributed by atoms with E-state index in [2.05, 4.69) is 15.5 Å². The lowest BCUT2D eigenvalue weighted by Gasteiger charge is -2.01. The van der Waals surface area contributed by atoms with Gasteiger partial charge in [-0.2, -0.15) is 5.10 Å². The zero-order valence-electron chi connectivity index (χ0n) is 10.8. The number of aromatic nitrogens is 2. The largest absolute Gasteiger partial charge is 0.466 e. The molecule has 0 aliphatic heterocycles. The van der Waals surface area contributed by atoms with Gasteiger partial charge in [0.15, 0.2) is 0 Å². The van der Waals surface area contributed by atoms with E-state index in [-0.39, 0.29) is 5.91 Å². The standard InChI is InChI=1S/C13H17N3O2/c1-4-10-6-11(16-15-10)7-14-13(17)12-5-8(2)18-9(12)3/h5-6H,4,7H2,1-3H3,(H,14,17)(H,15,16). The lowest BCUT2D eigenvalue weighted by molar-refractivity contribution is 0.0949. The number of rotatable bonds is 4. The minimum absolute atomic E-state index is 0.128. The summed E-state index contributed by atoms with van der Waals surface area (Å²) in [5.41, 5.74) is 2.48. The molecule has 0 aromatic carbocycles. The number of carbonyl (C=O) groups is 1. The van der Waals surface area contributed by atoms with E-state index >= 15 is 0 Å². The van der Waals surface area contributed by atoms with Gasteiger partial charge in [0.25, 0.3) is 5.91 Å². The molecule has 0 unspecified atom stereocenters. The molecule has 2 rings (SSSR count). The van der Waals surface area contributed by atoms with Crippen LogP contribution in [0.4, 0.5) is 0 Å². The Balaban J connectivity index is 1.98. The van der Waals surface area contributed by atoms with E-state index in [0.717, 1.165) is 23.6 Å². The van der Waals surface area contributed by atoms with Crippen LogP contribution in [-0.4, -0.2) is 16.1 Å². The lowest BCUT2D eigenvalue weighted by Crippen LogP contribution is -2.23. The number of aromatic amines is 1. The second-order valence-electron chi connectivity index (χ2n) is 4.25. The second-order valence-corrected chi connectivity index (χ2v) is 4.25. The maximum Gasteiger partial charge on any atom is 0.255 e. The highest BCUT2D eigenvalue weighted by atomic mass is 16.3. The maximum absolute atomic E-state index is 11.9. The summed E-state index contributed by atoms with van der Waals surface area (Å²) in [5, 5.41) is 9.84. The molecule has 2 heterocycles. The molecule has 1 amide bonds. The van der Waals surface area contributed by atoms with Crippen LogP contribution in [0.2, 0.25) is 0 Å². The molecule has 2 N–H and O–H groups in total. The first-order chi connectivity index (χ1) is 8.60.